The summed E-state index contributed by atoms with van der Waals surface area (Å²) in [5, 5.41) is 3.18. The summed E-state index contributed by atoms with van der Waals surface area (Å²) >= 11 is 0. The molecule has 3 N–H and O–H groups in total. The lowest BCUT2D eigenvalue weighted by molar-refractivity contribution is 0.0915. The molecule has 2 aliphatic carbocycles. The van der Waals surface area contributed by atoms with Gasteiger partial charge in [-0.25, -0.2) is 0 Å². The summed E-state index contributed by atoms with van der Waals surface area (Å²) in [5.74, 6) is 0.604. The number of carbonyl (C=O) groups excluding carboxylic acids is 1. The Morgan fingerprint density at radius 1 is 1.14 bits per heavy atom. The molecule has 1 amide bonds. The van der Waals surface area contributed by atoms with Crippen LogP contribution in [0.25, 0.3) is 0 Å². The van der Waals surface area contributed by atoms with Crippen LogP contribution >= 0.6 is 12.4 Å². The molecular formula is C18H27ClN2O. The van der Waals surface area contributed by atoms with Gasteiger partial charge in [0.05, 0.1) is 0 Å². The van der Waals surface area contributed by atoms with Gasteiger partial charge in [-0.1, -0.05) is 25.3 Å². The summed E-state index contributed by atoms with van der Waals surface area (Å²) < 4.78 is 0. The molecule has 1 saturated carbocycles. The van der Waals surface area contributed by atoms with E-state index < -0.39 is 0 Å². The van der Waals surface area contributed by atoms with Crippen LogP contribution < -0.4 is 11.1 Å². The Morgan fingerprint density at radius 2 is 1.86 bits per heavy atom. The number of benzene rings is 1. The smallest absolute Gasteiger partial charge is 0.251 e. The highest BCUT2D eigenvalue weighted by atomic mass is 35.5. The molecule has 22 heavy (non-hydrogen) atoms. The van der Waals surface area contributed by atoms with Crippen LogP contribution in [0.3, 0.4) is 0 Å². The summed E-state index contributed by atoms with van der Waals surface area (Å²) in [6.45, 7) is 0.543. The first-order chi connectivity index (χ1) is 10.3. The third kappa shape index (κ3) is 3.82. The second-order valence-corrected chi connectivity index (χ2v) is 6.55. The molecule has 0 bridgehead atoms. The molecule has 0 spiro atoms. The number of halogens is 1. The molecule has 1 unspecified atom stereocenters. The first kappa shape index (κ1) is 17.3. The number of nitrogens with one attached hydrogen (secondary N) is 1. The minimum absolute atomic E-state index is 0. The molecule has 0 heterocycles. The molecule has 122 valence electrons. The van der Waals surface area contributed by atoms with Crippen molar-refractivity contribution in [3.8, 4) is 0 Å². The Labute approximate surface area is 139 Å². The van der Waals surface area contributed by atoms with E-state index in [1.165, 1.54) is 49.7 Å². The topological polar surface area (TPSA) is 55.1 Å². The maximum absolute atomic E-state index is 12.5. The second kappa shape index (κ2) is 7.98. The van der Waals surface area contributed by atoms with Crippen molar-refractivity contribution in [1.82, 2.24) is 5.32 Å². The predicted octanol–water partition coefficient (Wildman–Crippen LogP) is 3.23. The fraction of sp³-hybridized carbons (Fsp3) is 0.611. The molecule has 0 aromatic heterocycles. The highest BCUT2D eigenvalue weighted by Gasteiger charge is 2.24. The van der Waals surface area contributed by atoms with E-state index in [9.17, 15) is 4.79 Å². The van der Waals surface area contributed by atoms with E-state index in [1.807, 2.05) is 6.07 Å². The van der Waals surface area contributed by atoms with Gasteiger partial charge in [-0.05, 0) is 61.3 Å². The van der Waals surface area contributed by atoms with Crippen molar-refractivity contribution in [3.63, 3.8) is 0 Å². The van der Waals surface area contributed by atoms with E-state index in [4.69, 9.17) is 5.73 Å². The Hall–Kier alpha value is -1.06. The van der Waals surface area contributed by atoms with Gasteiger partial charge in [0.25, 0.3) is 5.91 Å². The van der Waals surface area contributed by atoms with E-state index in [0.717, 1.165) is 18.4 Å². The summed E-state index contributed by atoms with van der Waals surface area (Å²) in [6.07, 6.45) is 9.76. The van der Waals surface area contributed by atoms with Gasteiger partial charge in [-0.3, -0.25) is 4.79 Å². The zero-order chi connectivity index (χ0) is 14.7. The first-order valence-corrected chi connectivity index (χ1v) is 8.40. The lowest BCUT2D eigenvalue weighted by Gasteiger charge is -2.30. The summed E-state index contributed by atoms with van der Waals surface area (Å²) in [4.78, 5) is 12.5. The van der Waals surface area contributed by atoms with E-state index in [0.29, 0.717) is 12.5 Å². The Morgan fingerprint density at radius 3 is 2.59 bits per heavy atom. The van der Waals surface area contributed by atoms with Crippen LogP contribution in [0.5, 0.6) is 0 Å². The van der Waals surface area contributed by atoms with Crippen molar-refractivity contribution >= 4 is 18.3 Å². The van der Waals surface area contributed by atoms with Crippen LogP contribution in [-0.4, -0.2) is 18.5 Å². The largest absolute Gasteiger partial charge is 0.348 e. The molecular weight excluding hydrogens is 296 g/mol. The number of hydrogen-bond donors (Lipinski definition) is 2. The Balaban J connectivity index is 0.00000176. The fourth-order valence-corrected chi connectivity index (χ4v) is 3.87. The van der Waals surface area contributed by atoms with Gasteiger partial charge in [0, 0.05) is 18.2 Å². The maximum atomic E-state index is 12.5. The quantitative estimate of drug-likeness (QED) is 0.894. The Kier molecular flexibility index (Phi) is 6.27. The number of hydrogen-bond acceptors (Lipinski definition) is 2. The van der Waals surface area contributed by atoms with Crippen LogP contribution in [0.15, 0.2) is 18.2 Å². The van der Waals surface area contributed by atoms with Gasteiger partial charge < -0.3 is 11.1 Å². The minimum Gasteiger partial charge on any atom is -0.348 e. The van der Waals surface area contributed by atoms with Crippen molar-refractivity contribution in [2.24, 2.45) is 11.7 Å². The molecule has 1 fully saturated rings. The van der Waals surface area contributed by atoms with Gasteiger partial charge in [0.15, 0.2) is 0 Å². The van der Waals surface area contributed by atoms with Crippen LogP contribution in [0, 0.1) is 5.92 Å². The molecule has 1 aromatic rings. The highest BCUT2D eigenvalue weighted by molar-refractivity contribution is 5.94. The van der Waals surface area contributed by atoms with E-state index in [-0.39, 0.29) is 24.4 Å². The second-order valence-electron chi connectivity index (χ2n) is 6.55. The third-order valence-corrected chi connectivity index (χ3v) is 5.15. The molecule has 0 aliphatic heterocycles. The number of rotatable bonds is 4. The average molecular weight is 323 g/mol. The zero-order valence-corrected chi connectivity index (χ0v) is 14.0. The third-order valence-electron chi connectivity index (χ3n) is 5.15. The van der Waals surface area contributed by atoms with Crippen LogP contribution in [-0.2, 0) is 12.8 Å². The molecule has 0 saturated heterocycles. The minimum atomic E-state index is 0. The summed E-state index contributed by atoms with van der Waals surface area (Å²) in [6, 6.07) is 6.29. The molecule has 1 atom stereocenters. The molecule has 0 radical (unpaired) electrons. The molecule has 3 nitrogen and oxygen atoms in total. The van der Waals surface area contributed by atoms with Crippen molar-refractivity contribution in [3.05, 3.63) is 34.9 Å². The summed E-state index contributed by atoms with van der Waals surface area (Å²) in [5.41, 5.74) is 9.46. The van der Waals surface area contributed by atoms with Gasteiger partial charge in [0.2, 0.25) is 0 Å². The standard InChI is InChI=1S/C18H26N2O.ClH/c19-12-17(14-5-2-1-3-6-14)20-18(21)16-10-9-13-7-4-8-15(13)11-16;/h9-11,14,17H,1-8,12,19H2,(H,20,21);1H. The number of carbonyl (C=O) groups is 1. The lowest BCUT2D eigenvalue weighted by atomic mass is 9.84. The highest BCUT2D eigenvalue weighted by Crippen LogP contribution is 2.27. The number of fused-ring (bicyclic) bond motifs is 1. The normalized spacial score (nSPS) is 19.1. The van der Waals surface area contributed by atoms with Crippen molar-refractivity contribution in [2.45, 2.75) is 57.4 Å². The summed E-state index contributed by atoms with van der Waals surface area (Å²) in [7, 11) is 0. The average Bonchev–Trinajstić information content (AvgIpc) is 3.00. The number of amides is 1. The van der Waals surface area contributed by atoms with Gasteiger partial charge in [0.1, 0.15) is 0 Å². The zero-order valence-electron chi connectivity index (χ0n) is 13.1. The van der Waals surface area contributed by atoms with Crippen molar-refractivity contribution in [2.75, 3.05) is 6.54 Å². The van der Waals surface area contributed by atoms with Crippen LogP contribution in [0.2, 0.25) is 0 Å². The SMILES string of the molecule is Cl.NCC(NC(=O)c1ccc2c(c1)CCC2)C1CCCCC1. The first-order valence-electron chi connectivity index (χ1n) is 8.40. The lowest BCUT2D eigenvalue weighted by Crippen LogP contribution is -2.45. The van der Waals surface area contributed by atoms with Crippen molar-refractivity contribution < 1.29 is 4.79 Å². The molecule has 4 heteroatoms. The van der Waals surface area contributed by atoms with Gasteiger partial charge in [-0.2, -0.15) is 0 Å². The fourth-order valence-electron chi connectivity index (χ4n) is 3.87. The van der Waals surface area contributed by atoms with E-state index >= 15 is 0 Å². The van der Waals surface area contributed by atoms with E-state index in [2.05, 4.69) is 17.4 Å². The maximum Gasteiger partial charge on any atom is 0.251 e. The van der Waals surface area contributed by atoms with E-state index in [1.54, 1.807) is 0 Å². The van der Waals surface area contributed by atoms with Crippen LogP contribution in [0.1, 0.15) is 60.0 Å². The predicted molar refractivity (Wildman–Crippen MR) is 92.6 cm³/mol. The van der Waals surface area contributed by atoms with Gasteiger partial charge in [-0.15, -0.1) is 12.4 Å². The molecule has 1 aromatic carbocycles. The molecule has 3 rings (SSSR count). The number of aryl methyl sites for hydroxylation is 2. The van der Waals surface area contributed by atoms with Crippen molar-refractivity contribution in [1.29, 1.82) is 0 Å². The number of nitrogens with two attached hydrogens (primary N) is 1. The molecule has 2 aliphatic rings. The Bertz CT molecular complexity index is 512. The van der Waals surface area contributed by atoms with Crippen LogP contribution in [0.4, 0.5) is 0 Å². The van der Waals surface area contributed by atoms with Gasteiger partial charge >= 0.3 is 0 Å². The monoisotopic (exact) mass is 322 g/mol.